The second-order valence-electron chi connectivity index (χ2n) is 4.58. The third-order valence-electron chi connectivity index (χ3n) is 3.00. The molecule has 0 saturated carbocycles. The van der Waals surface area contributed by atoms with Crippen LogP contribution in [0.3, 0.4) is 0 Å². The van der Waals surface area contributed by atoms with Crippen LogP contribution in [0.1, 0.15) is 24.7 Å². The highest BCUT2D eigenvalue weighted by molar-refractivity contribution is 6.33. The lowest BCUT2D eigenvalue weighted by Gasteiger charge is -2.12. The van der Waals surface area contributed by atoms with E-state index < -0.39 is 11.7 Å². The van der Waals surface area contributed by atoms with Gasteiger partial charge in [0.15, 0.2) is 0 Å². The van der Waals surface area contributed by atoms with Gasteiger partial charge in [-0.3, -0.25) is 0 Å². The van der Waals surface area contributed by atoms with Crippen LogP contribution in [0.25, 0.3) is 0 Å². The van der Waals surface area contributed by atoms with Gasteiger partial charge in [-0.2, -0.15) is 13.2 Å². The number of rotatable bonds is 5. The lowest BCUT2D eigenvalue weighted by atomic mass is 10.2. The smallest absolute Gasteiger partial charge is 0.377 e. The molecule has 1 heterocycles. The molecule has 0 aliphatic rings. The fourth-order valence-electron chi connectivity index (χ4n) is 1.96. The van der Waals surface area contributed by atoms with E-state index in [1.807, 2.05) is 10.8 Å². The van der Waals surface area contributed by atoms with Gasteiger partial charge in [0.25, 0.3) is 0 Å². The second-order valence-corrected chi connectivity index (χ2v) is 4.99. The number of halogens is 4. The minimum atomic E-state index is -4.39. The molecule has 0 aliphatic heterocycles. The maximum Gasteiger partial charge on any atom is 0.416 e. The molecular formula is C14H15ClF3N3. The number of hydrogen-bond donors (Lipinski definition) is 1. The van der Waals surface area contributed by atoms with Gasteiger partial charge in [-0.25, -0.2) is 4.98 Å². The van der Waals surface area contributed by atoms with Gasteiger partial charge in [-0.05, 0) is 24.6 Å². The van der Waals surface area contributed by atoms with Crippen LogP contribution in [0.15, 0.2) is 30.6 Å². The summed E-state index contributed by atoms with van der Waals surface area (Å²) in [5.74, 6) is 0.813. The fourth-order valence-corrected chi connectivity index (χ4v) is 2.21. The van der Waals surface area contributed by atoms with Crippen molar-refractivity contribution >= 4 is 17.3 Å². The van der Waals surface area contributed by atoms with Crippen LogP contribution in [0.4, 0.5) is 18.9 Å². The van der Waals surface area contributed by atoms with E-state index in [1.54, 1.807) is 6.20 Å². The minimum absolute atomic E-state index is 0.0402. The van der Waals surface area contributed by atoms with Crippen molar-refractivity contribution in [2.45, 2.75) is 32.6 Å². The van der Waals surface area contributed by atoms with E-state index >= 15 is 0 Å². The van der Waals surface area contributed by atoms with Crippen molar-refractivity contribution in [3.05, 3.63) is 47.0 Å². The number of benzene rings is 1. The lowest BCUT2D eigenvalue weighted by Crippen LogP contribution is -2.09. The molecule has 0 aliphatic carbocycles. The molecule has 0 unspecified atom stereocenters. The summed E-state index contributed by atoms with van der Waals surface area (Å²) in [7, 11) is 0. The SMILES string of the molecule is CCCn1ccnc1CNc1ccc(C(F)(F)F)cc1Cl. The van der Waals surface area contributed by atoms with Crippen molar-refractivity contribution in [2.24, 2.45) is 0 Å². The summed E-state index contributed by atoms with van der Waals surface area (Å²) in [6.45, 7) is 3.31. The molecule has 1 aromatic heterocycles. The zero-order valence-corrected chi connectivity index (χ0v) is 12.2. The molecule has 0 radical (unpaired) electrons. The standard InChI is InChI=1S/C14H15ClF3N3/c1-2-6-21-7-5-19-13(21)9-20-12-4-3-10(8-11(12)15)14(16,17)18/h3-5,7-8,20H,2,6,9H2,1H3. The number of aromatic nitrogens is 2. The Morgan fingerprint density at radius 2 is 2.10 bits per heavy atom. The molecule has 0 atom stereocenters. The first-order chi connectivity index (χ1) is 9.91. The summed E-state index contributed by atoms with van der Waals surface area (Å²) in [5.41, 5.74) is -0.304. The molecule has 1 aromatic carbocycles. The van der Waals surface area contributed by atoms with Crippen LogP contribution < -0.4 is 5.32 Å². The Labute approximate surface area is 125 Å². The van der Waals surface area contributed by atoms with Gasteiger partial charge in [-0.15, -0.1) is 0 Å². The van der Waals surface area contributed by atoms with Gasteiger partial charge in [0.1, 0.15) is 5.82 Å². The molecular weight excluding hydrogens is 303 g/mol. The number of nitrogens with one attached hydrogen (secondary N) is 1. The molecule has 21 heavy (non-hydrogen) atoms. The zero-order valence-electron chi connectivity index (χ0n) is 11.4. The highest BCUT2D eigenvalue weighted by atomic mass is 35.5. The van der Waals surface area contributed by atoms with E-state index in [1.165, 1.54) is 6.07 Å². The third kappa shape index (κ3) is 3.91. The fraction of sp³-hybridized carbons (Fsp3) is 0.357. The molecule has 0 amide bonds. The summed E-state index contributed by atoms with van der Waals surface area (Å²) in [6.07, 6.45) is 0.153. The molecule has 2 rings (SSSR count). The largest absolute Gasteiger partial charge is 0.416 e. The van der Waals surface area contributed by atoms with E-state index in [2.05, 4.69) is 17.2 Å². The number of anilines is 1. The van der Waals surface area contributed by atoms with E-state index in [0.717, 1.165) is 30.9 Å². The number of imidazole rings is 1. The number of aryl methyl sites for hydroxylation is 1. The first-order valence-electron chi connectivity index (χ1n) is 6.52. The molecule has 3 nitrogen and oxygen atoms in total. The second kappa shape index (κ2) is 6.39. The normalized spacial score (nSPS) is 11.7. The molecule has 0 saturated heterocycles. The van der Waals surface area contributed by atoms with Gasteiger partial charge >= 0.3 is 6.18 Å². The van der Waals surface area contributed by atoms with Crippen LogP contribution in [0.5, 0.6) is 0 Å². The van der Waals surface area contributed by atoms with Crippen LogP contribution in [-0.4, -0.2) is 9.55 Å². The van der Waals surface area contributed by atoms with Crippen molar-refractivity contribution in [2.75, 3.05) is 5.32 Å². The quantitative estimate of drug-likeness (QED) is 0.875. The van der Waals surface area contributed by atoms with Crippen LogP contribution in [-0.2, 0) is 19.3 Å². The summed E-state index contributed by atoms with van der Waals surface area (Å²) in [4.78, 5) is 4.21. The number of nitrogens with zero attached hydrogens (tertiary/aromatic N) is 2. The maximum atomic E-state index is 12.6. The van der Waals surface area contributed by atoms with Gasteiger partial charge < -0.3 is 9.88 Å². The molecule has 0 fully saturated rings. The van der Waals surface area contributed by atoms with Gasteiger partial charge in [0.2, 0.25) is 0 Å². The predicted octanol–water partition coefficient (Wildman–Crippen LogP) is 4.58. The van der Waals surface area contributed by atoms with Crippen LogP contribution >= 0.6 is 11.6 Å². The lowest BCUT2D eigenvalue weighted by molar-refractivity contribution is -0.137. The summed E-state index contributed by atoms with van der Waals surface area (Å²) >= 11 is 5.89. The molecule has 7 heteroatoms. The monoisotopic (exact) mass is 317 g/mol. The Kier molecular flexibility index (Phi) is 4.77. The van der Waals surface area contributed by atoms with Crippen LogP contribution in [0, 0.1) is 0 Å². The predicted molar refractivity (Wildman–Crippen MR) is 76.3 cm³/mol. The third-order valence-corrected chi connectivity index (χ3v) is 3.31. The molecule has 0 spiro atoms. The van der Waals surface area contributed by atoms with Gasteiger partial charge in [0, 0.05) is 18.9 Å². The average molecular weight is 318 g/mol. The molecule has 1 N–H and O–H groups in total. The minimum Gasteiger partial charge on any atom is -0.377 e. The first-order valence-corrected chi connectivity index (χ1v) is 6.90. The van der Waals surface area contributed by atoms with E-state index in [-0.39, 0.29) is 5.02 Å². The Morgan fingerprint density at radius 1 is 1.33 bits per heavy atom. The Morgan fingerprint density at radius 3 is 2.71 bits per heavy atom. The van der Waals surface area contributed by atoms with Crippen molar-refractivity contribution in [3.63, 3.8) is 0 Å². The van der Waals surface area contributed by atoms with E-state index in [0.29, 0.717) is 12.2 Å². The van der Waals surface area contributed by atoms with Crippen LogP contribution in [0.2, 0.25) is 5.02 Å². The van der Waals surface area contributed by atoms with E-state index in [9.17, 15) is 13.2 Å². The Balaban J connectivity index is 2.08. The Bertz CT molecular complexity index is 608. The Hall–Kier alpha value is -1.69. The highest BCUT2D eigenvalue weighted by Crippen LogP contribution is 2.33. The summed E-state index contributed by atoms with van der Waals surface area (Å²) < 4.78 is 39.7. The van der Waals surface area contributed by atoms with Gasteiger partial charge in [-0.1, -0.05) is 18.5 Å². The summed E-state index contributed by atoms with van der Waals surface area (Å²) in [5, 5.41) is 3.05. The maximum absolute atomic E-state index is 12.6. The average Bonchev–Trinajstić information content (AvgIpc) is 2.84. The zero-order chi connectivity index (χ0) is 15.5. The molecule has 2 aromatic rings. The topological polar surface area (TPSA) is 29.9 Å². The first kappa shape index (κ1) is 15.7. The van der Waals surface area contributed by atoms with Crippen molar-refractivity contribution in [1.29, 1.82) is 0 Å². The molecule has 114 valence electrons. The summed E-state index contributed by atoms with van der Waals surface area (Å²) in [6, 6.07) is 3.26. The number of alkyl halides is 3. The van der Waals surface area contributed by atoms with Crippen molar-refractivity contribution in [1.82, 2.24) is 9.55 Å². The number of hydrogen-bond acceptors (Lipinski definition) is 2. The van der Waals surface area contributed by atoms with E-state index in [4.69, 9.17) is 11.6 Å². The molecule has 0 bridgehead atoms. The van der Waals surface area contributed by atoms with Gasteiger partial charge in [0.05, 0.1) is 22.8 Å². The highest BCUT2D eigenvalue weighted by Gasteiger charge is 2.30. The van der Waals surface area contributed by atoms with Crippen molar-refractivity contribution in [3.8, 4) is 0 Å². The van der Waals surface area contributed by atoms with Crippen molar-refractivity contribution < 1.29 is 13.2 Å².